The average molecular weight is 490 g/mol. The fraction of sp³-hybridized carbons (Fsp3) is 0.143. The fourth-order valence-corrected chi connectivity index (χ4v) is 4.48. The zero-order valence-electron chi connectivity index (χ0n) is 15.6. The number of methoxy groups -OCH3 is 2. The van der Waals surface area contributed by atoms with Crippen molar-refractivity contribution in [3.63, 3.8) is 0 Å². The smallest absolute Gasteiger partial charge is 0.270 e. The Hall–Kier alpha value is -2.47. The molecule has 1 fully saturated rings. The molecule has 1 aliphatic rings. The number of halogens is 1. The second-order valence-corrected chi connectivity index (χ2v) is 8.30. The molecule has 0 radical (unpaired) electrons. The minimum Gasteiger partial charge on any atom is -0.495 e. The number of anilines is 1. The van der Waals surface area contributed by atoms with Crippen molar-refractivity contribution in [1.29, 1.82) is 0 Å². The van der Waals surface area contributed by atoms with Gasteiger partial charge in [0.15, 0.2) is 15.8 Å². The Morgan fingerprint density at radius 2 is 1.97 bits per heavy atom. The number of thiocarbonyl (C=S) groups is 1. The molecule has 1 saturated heterocycles. The predicted octanol–water partition coefficient (Wildman–Crippen LogP) is 4.88. The van der Waals surface area contributed by atoms with E-state index in [0.29, 0.717) is 37.7 Å². The second kappa shape index (κ2) is 9.35. The summed E-state index contributed by atoms with van der Waals surface area (Å²) in [5, 5.41) is 0. The first-order valence-corrected chi connectivity index (χ1v) is 10.4. The summed E-state index contributed by atoms with van der Waals surface area (Å²) in [6.07, 6.45) is 7.04. The maximum atomic E-state index is 13.1. The number of benzene rings is 2. The molecule has 0 spiro atoms. The van der Waals surface area contributed by atoms with Crippen molar-refractivity contribution in [2.45, 2.75) is 0 Å². The van der Waals surface area contributed by atoms with Gasteiger partial charge >= 0.3 is 0 Å². The van der Waals surface area contributed by atoms with Gasteiger partial charge in [0.1, 0.15) is 12.4 Å². The molecule has 3 rings (SSSR count). The lowest BCUT2D eigenvalue weighted by atomic mass is 10.1. The normalized spacial score (nSPS) is 14.8. The van der Waals surface area contributed by atoms with Gasteiger partial charge in [0, 0.05) is 10.0 Å². The van der Waals surface area contributed by atoms with Crippen LogP contribution >= 0.6 is 39.9 Å². The molecule has 0 atom stereocenters. The highest BCUT2D eigenvalue weighted by molar-refractivity contribution is 9.10. The Balaban J connectivity index is 2.04. The van der Waals surface area contributed by atoms with Gasteiger partial charge in [0.05, 0.1) is 24.8 Å². The molecule has 148 valence electrons. The second-order valence-electron chi connectivity index (χ2n) is 5.71. The van der Waals surface area contributed by atoms with Gasteiger partial charge in [0.25, 0.3) is 5.91 Å². The number of thioether (sulfide) groups is 1. The molecule has 1 aliphatic heterocycles. The van der Waals surface area contributed by atoms with E-state index in [0.717, 1.165) is 4.47 Å². The van der Waals surface area contributed by atoms with E-state index in [1.807, 2.05) is 18.2 Å². The molecule has 29 heavy (non-hydrogen) atoms. The van der Waals surface area contributed by atoms with Crippen molar-refractivity contribution in [1.82, 2.24) is 0 Å². The largest absolute Gasteiger partial charge is 0.495 e. The Morgan fingerprint density at radius 1 is 1.24 bits per heavy atom. The lowest BCUT2D eigenvalue weighted by molar-refractivity contribution is -0.113. The number of hydrogen-bond donors (Lipinski definition) is 0. The molecular formula is C21H16BrNO4S2. The van der Waals surface area contributed by atoms with Crippen LogP contribution in [-0.4, -0.2) is 31.1 Å². The zero-order valence-corrected chi connectivity index (χ0v) is 18.8. The standard InChI is InChI=1S/C21H16BrNO4S2/c1-4-9-27-19-13(10-14(22)12-17(19)26-3)11-18-20(24)23(21(28)29-18)15-7-5-6-8-16(15)25-2/h1,5-8,10-12H,9H2,2-3H3/b18-11+. The molecule has 0 bridgehead atoms. The molecule has 0 aromatic heterocycles. The Labute approximate surface area is 187 Å². The van der Waals surface area contributed by atoms with Crippen LogP contribution in [0.5, 0.6) is 17.2 Å². The van der Waals surface area contributed by atoms with Gasteiger partial charge in [-0.25, -0.2) is 0 Å². The summed E-state index contributed by atoms with van der Waals surface area (Å²) >= 11 is 10.1. The average Bonchev–Trinajstić information content (AvgIpc) is 2.99. The third-order valence-corrected chi connectivity index (χ3v) is 5.73. The number of amides is 1. The first-order chi connectivity index (χ1) is 14.0. The van der Waals surface area contributed by atoms with Gasteiger partial charge in [-0.2, -0.15) is 0 Å². The van der Waals surface area contributed by atoms with Gasteiger partial charge < -0.3 is 14.2 Å². The van der Waals surface area contributed by atoms with Crippen molar-refractivity contribution in [3.05, 3.63) is 51.3 Å². The first kappa shape index (κ1) is 21.2. The molecule has 1 amide bonds. The molecule has 0 unspecified atom stereocenters. The summed E-state index contributed by atoms with van der Waals surface area (Å²) in [5.41, 5.74) is 1.24. The van der Waals surface area contributed by atoms with Crippen LogP contribution in [0, 0.1) is 12.3 Å². The van der Waals surface area contributed by atoms with E-state index in [-0.39, 0.29) is 12.5 Å². The van der Waals surface area contributed by atoms with Gasteiger partial charge in [0.2, 0.25) is 0 Å². The molecular weight excluding hydrogens is 474 g/mol. The number of para-hydroxylation sites is 2. The van der Waals surface area contributed by atoms with Crippen molar-refractivity contribution >= 4 is 61.9 Å². The van der Waals surface area contributed by atoms with E-state index in [4.69, 9.17) is 32.9 Å². The number of terminal acetylenes is 1. The summed E-state index contributed by atoms with van der Waals surface area (Å²) in [7, 11) is 3.09. The number of nitrogens with zero attached hydrogens (tertiary/aromatic N) is 1. The third-order valence-electron chi connectivity index (χ3n) is 3.97. The van der Waals surface area contributed by atoms with Crippen LogP contribution in [0.1, 0.15) is 5.56 Å². The number of carbonyl (C=O) groups excluding carboxylic acids is 1. The lowest BCUT2D eigenvalue weighted by Crippen LogP contribution is -2.27. The molecule has 0 N–H and O–H groups in total. The molecule has 8 heteroatoms. The van der Waals surface area contributed by atoms with Gasteiger partial charge in [-0.1, -0.05) is 58.0 Å². The summed E-state index contributed by atoms with van der Waals surface area (Å²) in [6, 6.07) is 10.8. The Bertz CT molecular complexity index is 1050. The molecule has 2 aromatic rings. The van der Waals surface area contributed by atoms with Crippen LogP contribution in [0.2, 0.25) is 0 Å². The maximum Gasteiger partial charge on any atom is 0.270 e. The molecule has 0 aliphatic carbocycles. The molecule has 0 saturated carbocycles. The van der Waals surface area contributed by atoms with Gasteiger partial charge in [-0.15, -0.1) is 6.42 Å². The van der Waals surface area contributed by atoms with Crippen molar-refractivity contribution in [2.75, 3.05) is 25.7 Å². The van der Waals surface area contributed by atoms with Crippen LogP contribution in [0.25, 0.3) is 6.08 Å². The maximum absolute atomic E-state index is 13.1. The lowest BCUT2D eigenvalue weighted by Gasteiger charge is -2.17. The van der Waals surface area contributed by atoms with Crippen LogP contribution in [0.15, 0.2) is 45.8 Å². The molecule has 2 aromatic carbocycles. The van der Waals surface area contributed by atoms with E-state index in [9.17, 15) is 4.79 Å². The fourth-order valence-electron chi connectivity index (χ4n) is 2.75. The van der Waals surface area contributed by atoms with E-state index in [1.165, 1.54) is 23.8 Å². The van der Waals surface area contributed by atoms with Gasteiger partial charge in [-0.05, 0) is 30.3 Å². The summed E-state index contributed by atoms with van der Waals surface area (Å²) in [4.78, 5) is 15.0. The monoisotopic (exact) mass is 489 g/mol. The van der Waals surface area contributed by atoms with Crippen LogP contribution < -0.4 is 19.1 Å². The van der Waals surface area contributed by atoms with E-state index >= 15 is 0 Å². The van der Waals surface area contributed by atoms with E-state index in [2.05, 4.69) is 21.9 Å². The minimum absolute atomic E-state index is 0.0704. The number of hydrogen-bond acceptors (Lipinski definition) is 6. The zero-order chi connectivity index (χ0) is 21.0. The number of carbonyl (C=O) groups is 1. The van der Waals surface area contributed by atoms with E-state index in [1.54, 1.807) is 31.4 Å². The Kier molecular flexibility index (Phi) is 6.85. The van der Waals surface area contributed by atoms with Crippen LogP contribution in [-0.2, 0) is 4.79 Å². The van der Waals surface area contributed by atoms with Crippen molar-refractivity contribution in [2.24, 2.45) is 0 Å². The topological polar surface area (TPSA) is 48.0 Å². The van der Waals surface area contributed by atoms with Crippen molar-refractivity contribution < 1.29 is 19.0 Å². The van der Waals surface area contributed by atoms with Crippen LogP contribution in [0.4, 0.5) is 5.69 Å². The van der Waals surface area contributed by atoms with Gasteiger partial charge in [-0.3, -0.25) is 9.69 Å². The quantitative estimate of drug-likeness (QED) is 0.327. The summed E-state index contributed by atoms with van der Waals surface area (Å²) in [6.45, 7) is 0.0704. The highest BCUT2D eigenvalue weighted by Crippen LogP contribution is 2.42. The number of ether oxygens (including phenoxy) is 3. The summed E-state index contributed by atoms with van der Waals surface area (Å²) in [5.74, 6) is 3.71. The van der Waals surface area contributed by atoms with E-state index < -0.39 is 0 Å². The molecule has 1 heterocycles. The highest BCUT2D eigenvalue weighted by Gasteiger charge is 2.35. The predicted molar refractivity (Wildman–Crippen MR) is 124 cm³/mol. The van der Waals surface area contributed by atoms with Crippen LogP contribution in [0.3, 0.4) is 0 Å². The van der Waals surface area contributed by atoms with Crippen molar-refractivity contribution in [3.8, 4) is 29.6 Å². The summed E-state index contributed by atoms with van der Waals surface area (Å²) < 4.78 is 17.6. The highest BCUT2D eigenvalue weighted by atomic mass is 79.9. The minimum atomic E-state index is -0.244. The number of rotatable bonds is 6. The first-order valence-electron chi connectivity index (χ1n) is 8.35. The third kappa shape index (κ3) is 4.42. The SMILES string of the molecule is C#CCOc1c(/C=C2/SC(=S)N(c3ccccc3OC)C2=O)cc(Br)cc1OC. The molecule has 5 nitrogen and oxygen atoms in total. The Morgan fingerprint density at radius 3 is 2.66 bits per heavy atom.